The summed E-state index contributed by atoms with van der Waals surface area (Å²) in [5, 5.41) is 0. The molecule has 0 aromatic carbocycles. The smallest absolute Gasteiger partial charge is 0.0364 e. The molecule has 0 amide bonds. The van der Waals surface area contributed by atoms with Gasteiger partial charge in [-0.3, -0.25) is 0 Å². The molecule has 1 saturated carbocycles. The molecule has 2 aliphatic carbocycles. The second-order valence-corrected chi connectivity index (χ2v) is 6.73. The highest BCUT2D eigenvalue weighted by atomic mass is 15.1. The minimum atomic E-state index is 0.280. The summed E-state index contributed by atoms with van der Waals surface area (Å²) in [6.45, 7) is 7.08. The van der Waals surface area contributed by atoms with E-state index in [1.807, 2.05) is 0 Å². The van der Waals surface area contributed by atoms with Crippen LogP contribution in [0.2, 0.25) is 0 Å². The number of fused-ring (bicyclic) bond motifs is 1. The average Bonchev–Trinajstić information content (AvgIpc) is 2.90. The van der Waals surface area contributed by atoms with Crippen molar-refractivity contribution in [3.8, 4) is 0 Å². The molecule has 3 rings (SSSR count). The van der Waals surface area contributed by atoms with E-state index < -0.39 is 0 Å². The quantitative estimate of drug-likeness (QED) is 0.851. The lowest BCUT2D eigenvalue weighted by Crippen LogP contribution is -2.22. The predicted molar refractivity (Wildman–Crippen MR) is 80.3 cm³/mol. The molecule has 1 aromatic rings. The second-order valence-electron chi connectivity index (χ2n) is 6.73. The van der Waals surface area contributed by atoms with Crippen molar-refractivity contribution in [3.63, 3.8) is 0 Å². The highest BCUT2D eigenvalue weighted by molar-refractivity contribution is 5.33. The summed E-state index contributed by atoms with van der Waals surface area (Å²) in [5.74, 6) is 1.73. The van der Waals surface area contributed by atoms with E-state index in [1.54, 1.807) is 5.69 Å². The third-order valence-electron chi connectivity index (χ3n) is 5.74. The first-order chi connectivity index (χ1) is 9.13. The van der Waals surface area contributed by atoms with Gasteiger partial charge >= 0.3 is 0 Å². The lowest BCUT2D eigenvalue weighted by molar-refractivity contribution is 0.319. The Morgan fingerprint density at radius 3 is 2.79 bits per heavy atom. The van der Waals surface area contributed by atoms with E-state index in [4.69, 9.17) is 5.73 Å². The molecule has 2 heteroatoms. The van der Waals surface area contributed by atoms with Gasteiger partial charge in [-0.05, 0) is 62.5 Å². The molecule has 106 valence electrons. The number of aryl methyl sites for hydroxylation is 1. The zero-order chi connectivity index (χ0) is 13.6. The number of nitrogens with zero attached hydrogens (tertiary/aromatic N) is 1. The molecular formula is C17H28N2. The van der Waals surface area contributed by atoms with Gasteiger partial charge < -0.3 is 10.3 Å². The monoisotopic (exact) mass is 260 g/mol. The summed E-state index contributed by atoms with van der Waals surface area (Å²) in [5.41, 5.74) is 10.7. The molecule has 1 heterocycles. The molecule has 2 nitrogen and oxygen atoms in total. The van der Waals surface area contributed by atoms with E-state index in [0.717, 1.165) is 24.3 Å². The summed E-state index contributed by atoms with van der Waals surface area (Å²) in [7, 11) is 0. The third-order valence-corrected chi connectivity index (χ3v) is 5.74. The molecule has 0 radical (unpaired) electrons. The normalized spacial score (nSPS) is 34.5. The van der Waals surface area contributed by atoms with Crippen LogP contribution in [0.3, 0.4) is 0 Å². The minimum absolute atomic E-state index is 0.280. The molecule has 4 unspecified atom stereocenters. The summed E-state index contributed by atoms with van der Waals surface area (Å²) < 4.78 is 2.66. The van der Waals surface area contributed by atoms with Crippen LogP contribution in [0.25, 0.3) is 0 Å². The van der Waals surface area contributed by atoms with Crippen molar-refractivity contribution in [2.75, 3.05) is 0 Å². The highest BCUT2D eigenvalue weighted by Crippen LogP contribution is 2.45. The molecule has 0 spiro atoms. The first-order valence-electron chi connectivity index (χ1n) is 8.09. The topological polar surface area (TPSA) is 30.9 Å². The highest BCUT2D eigenvalue weighted by Gasteiger charge is 2.35. The Kier molecular flexibility index (Phi) is 3.46. The average molecular weight is 260 g/mol. The van der Waals surface area contributed by atoms with Crippen molar-refractivity contribution in [3.05, 3.63) is 23.0 Å². The van der Waals surface area contributed by atoms with Gasteiger partial charge in [0.2, 0.25) is 0 Å². The van der Waals surface area contributed by atoms with E-state index in [9.17, 15) is 0 Å². The molecule has 0 aliphatic heterocycles. The first-order valence-corrected chi connectivity index (χ1v) is 8.09. The van der Waals surface area contributed by atoms with E-state index >= 15 is 0 Å². The SMILES string of the molecule is CCC1CCC(n2c(C)cc3c2CCCC3N)C1C. The maximum absolute atomic E-state index is 6.30. The first kappa shape index (κ1) is 13.2. The molecule has 4 atom stereocenters. The van der Waals surface area contributed by atoms with Crippen molar-refractivity contribution in [1.82, 2.24) is 4.57 Å². The fourth-order valence-electron chi connectivity index (χ4n) is 4.59. The fraction of sp³-hybridized carbons (Fsp3) is 0.765. The van der Waals surface area contributed by atoms with Crippen LogP contribution in [0.5, 0.6) is 0 Å². The van der Waals surface area contributed by atoms with E-state index in [2.05, 4.69) is 31.4 Å². The van der Waals surface area contributed by atoms with Crippen molar-refractivity contribution in [2.24, 2.45) is 17.6 Å². The fourth-order valence-corrected chi connectivity index (χ4v) is 4.59. The van der Waals surface area contributed by atoms with Crippen LogP contribution < -0.4 is 5.73 Å². The molecule has 1 fully saturated rings. The molecule has 19 heavy (non-hydrogen) atoms. The third kappa shape index (κ3) is 2.05. The van der Waals surface area contributed by atoms with Crippen molar-refractivity contribution in [2.45, 2.75) is 71.4 Å². The zero-order valence-electron chi connectivity index (χ0n) is 12.7. The molecule has 2 aliphatic rings. The van der Waals surface area contributed by atoms with E-state index in [0.29, 0.717) is 0 Å². The Hall–Kier alpha value is -0.760. The van der Waals surface area contributed by atoms with Crippen LogP contribution in [0, 0.1) is 18.8 Å². The van der Waals surface area contributed by atoms with Gasteiger partial charge in [0.15, 0.2) is 0 Å². The van der Waals surface area contributed by atoms with Gasteiger partial charge in [0.05, 0.1) is 0 Å². The van der Waals surface area contributed by atoms with E-state index in [1.165, 1.54) is 43.4 Å². The van der Waals surface area contributed by atoms with Gasteiger partial charge in [0.1, 0.15) is 0 Å². The lowest BCUT2D eigenvalue weighted by Gasteiger charge is -2.28. The van der Waals surface area contributed by atoms with Crippen LogP contribution in [0.4, 0.5) is 0 Å². The Balaban J connectivity index is 1.97. The van der Waals surface area contributed by atoms with Crippen LogP contribution in [-0.4, -0.2) is 4.57 Å². The molecule has 0 saturated heterocycles. The number of aromatic nitrogens is 1. The molecular weight excluding hydrogens is 232 g/mol. The number of hydrogen-bond acceptors (Lipinski definition) is 1. The van der Waals surface area contributed by atoms with Crippen LogP contribution >= 0.6 is 0 Å². The van der Waals surface area contributed by atoms with Crippen LogP contribution in [0.1, 0.15) is 75.0 Å². The molecule has 0 bridgehead atoms. The number of rotatable bonds is 2. The van der Waals surface area contributed by atoms with E-state index in [-0.39, 0.29) is 6.04 Å². The largest absolute Gasteiger partial charge is 0.345 e. The Bertz CT molecular complexity index is 460. The lowest BCUT2D eigenvalue weighted by atomic mass is 9.91. The number of hydrogen-bond donors (Lipinski definition) is 1. The summed E-state index contributed by atoms with van der Waals surface area (Å²) in [6, 6.07) is 3.37. The Morgan fingerprint density at radius 2 is 2.11 bits per heavy atom. The van der Waals surface area contributed by atoms with Crippen molar-refractivity contribution >= 4 is 0 Å². The van der Waals surface area contributed by atoms with Crippen molar-refractivity contribution < 1.29 is 0 Å². The maximum atomic E-state index is 6.30. The maximum Gasteiger partial charge on any atom is 0.0364 e. The Labute approximate surface area is 117 Å². The molecule has 2 N–H and O–H groups in total. The standard InChI is InChI=1S/C17H28N2/c1-4-13-8-9-16(12(13)3)19-11(2)10-14-15(18)6-5-7-17(14)19/h10,12-13,15-16H,4-9,18H2,1-3H3. The predicted octanol–water partition coefficient (Wildman–Crippen LogP) is 4.13. The second kappa shape index (κ2) is 4.97. The van der Waals surface area contributed by atoms with Crippen molar-refractivity contribution in [1.29, 1.82) is 0 Å². The number of nitrogens with two attached hydrogens (primary N) is 1. The van der Waals surface area contributed by atoms with Crippen LogP contribution in [0.15, 0.2) is 6.07 Å². The van der Waals surface area contributed by atoms with Gasteiger partial charge in [0.25, 0.3) is 0 Å². The van der Waals surface area contributed by atoms with Gasteiger partial charge in [-0.25, -0.2) is 0 Å². The summed E-state index contributed by atoms with van der Waals surface area (Å²) >= 11 is 0. The van der Waals surface area contributed by atoms with Gasteiger partial charge in [-0.15, -0.1) is 0 Å². The Morgan fingerprint density at radius 1 is 1.32 bits per heavy atom. The van der Waals surface area contributed by atoms with Crippen LogP contribution in [-0.2, 0) is 6.42 Å². The van der Waals surface area contributed by atoms with Gasteiger partial charge in [0, 0.05) is 23.5 Å². The molecule has 1 aromatic heterocycles. The summed E-state index contributed by atoms with van der Waals surface area (Å²) in [4.78, 5) is 0. The van der Waals surface area contributed by atoms with Gasteiger partial charge in [-0.2, -0.15) is 0 Å². The minimum Gasteiger partial charge on any atom is -0.345 e. The zero-order valence-corrected chi connectivity index (χ0v) is 12.7. The summed E-state index contributed by atoms with van der Waals surface area (Å²) in [6.07, 6.45) is 7.75. The van der Waals surface area contributed by atoms with Gasteiger partial charge in [-0.1, -0.05) is 20.3 Å².